The van der Waals surface area contributed by atoms with E-state index in [9.17, 15) is 8.42 Å². The van der Waals surface area contributed by atoms with Gasteiger partial charge in [-0.1, -0.05) is 22.8 Å². The first-order chi connectivity index (χ1) is 10.9. The van der Waals surface area contributed by atoms with Crippen LogP contribution in [-0.2, 0) is 10.1 Å². The summed E-state index contributed by atoms with van der Waals surface area (Å²) >= 11 is 5.80. The molecule has 23 heavy (non-hydrogen) atoms. The highest BCUT2D eigenvalue weighted by molar-refractivity contribution is 7.87. The van der Waals surface area contributed by atoms with Crippen molar-refractivity contribution in [1.82, 2.24) is 10.1 Å². The van der Waals surface area contributed by atoms with Gasteiger partial charge in [0, 0.05) is 17.5 Å². The van der Waals surface area contributed by atoms with Crippen molar-refractivity contribution in [2.75, 3.05) is 0 Å². The van der Waals surface area contributed by atoms with Gasteiger partial charge in [0.1, 0.15) is 10.6 Å². The van der Waals surface area contributed by atoms with E-state index in [-0.39, 0.29) is 10.6 Å². The summed E-state index contributed by atoms with van der Waals surface area (Å²) in [6, 6.07) is 12.2. The first-order valence-electron chi connectivity index (χ1n) is 6.55. The van der Waals surface area contributed by atoms with Crippen molar-refractivity contribution in [1.29, 1.82) is 0 Å². The highest BCUT2D eigenvalue weighted by Crippen LogP contribution is 2.24. The average molecular weight is 351 g/mol. The maximum absolute atomic E-state index is 12.2. The molecule has 0 spiro atoms. The van der Waals surface area contributed by atoms with Crippen molar-refractivity contribution in [2.45, 2.75) is 11.8 Å². The Morgan fingerprint density at radius 1 is 1.13 bits per heavy atom. The summed E-state index contributed by atoms with van der Waals surface area (Å²) in [5, 5.41) is 4.10. The van der Waals surface area contributed by atoms with Crippen LogP contribution >= 0.6 is 11.6 Å². The molecule has 0 atom stereocenters. The molecule has 0 N–H and O–H groups in total. The number of nitrogens with zero attached hydrogens (tertiary/aromatic N) is 2. The van der Waals surface area contributed by atoms with E-state index in [4.69, 9.17) is 20.3 Å². The van der Waals surface area contributed by atoms with Gasteiger partial charge in [-0.3, -0.25) is 0 Å². The van der Waals surface area contributed by atoms with E-state index in [2.05, 4.69) is 10.1 Å². The highest BCUT2D eigenvalue weighted by atomic mass is 35.5. The number of benzene rings is 2. The summed E-state index contributed by atoms with van der Waals surface area (Å²) < 4.78 is 34.4. The van der Waals surface area contributed by atoms with Crippen molar-refractivity contribution >= 4 is 21.7 Å². The van der Waals surface area contributed by atoms with Crippen LogP contribution in [0.2, 0.25) is 5.02 Å². The van der Waals surface area contributed by atoms with Gasteiger partial charge in [0.2, 0.25) is 11.7 Å². The van der Waals surface area contributed by atoms with Crippen LogP contribution < -0.4 is 4.18 Å². The first kappa shape index (κ1) is 15.5. The lowest BCUT2D eigenvalue weighted by Gasteiger charge is -2.07. The van der Waals surface area contributed by atoms with Gasteiger partial charge in [-0.25, -0.2) is 0 Å². The second kappa shape index (κ2) is 6.02. The standard InChI is InChI=1S/C15H11ClN2O4S/c1-10-17-15(18-21-10)11-5-7-13(8-6-11)22-23(19,20)14-4-2-3-12(16)9-14/h2-9H,1H3. The first-order valence-corrected chi connectivity index (χ1v) is 8.33. The Balaban J connectivity index is 1.83. The van der Waals surface area contributed by atoms with Crippen LogP contribution in [0.5, 0.6) is 5.75 Å². The van der Waals surface area contributed by atoms with E-state index < -0.39 is 10.1 Å². The molecule has 2 aromatic carbocycles. The fourth-order valence-corrected chi connectivity index (χ4v) is 3.11. The second-order valence-electron chi connectivity index (χ2n) is 4.66. The topological polar surface area (TPSA) is 82.3 Å². The quantitative estimate of drug-likeness (QED) is 0.670. The van der Waals surface area contributed by atoms with Crippen LogP contribution in [0.1, 0.15) is 5.89 Å². The molecule has 6 nitrogen and oxygen atoms in total. The van der Waals surface area contributed by atoms with Crippen LogP contribution in [-0.4, -0.2) is 18.6 Å². The molecule has 0 aliphatic carbocycles. The lowest BCUT2D eigenvalue weighted by Crippen LogP contribution is -2.09. The van der Waals surface area contributed by atoms with Gasteiger partial charge in [0.15, 0.2) is 0 Å². The number of aryl methyl sites for hydroxylation is 1. The van der Waals surface area contributed by atoms with Gasteiger partial charge in [0.05, 0.1) is 0 Å². The number of aromatic nitrogens is 2. The Hall–Kier alpha value is -2.38. The molecule has 0 radical (unpaired) electrons. The van der Waals surface area contributed by atoms with E-state index >= 15 is 0 Å². The van der Waals surface area contributed by atoms with Crippen LogP contribution in [0.25, 0.3) is 11.4 Å². The molecule has 0 saturated heterocycles. The normalized spacial score (nSPS) is 11.4. The Morgan fingerprint density at radius 3 is 2.48 bits per heavy atom. The van der Waals surface area contributed by atoms with Crippen molar-refractivity contribution < 1.29 is 17.1 Å². The number of hydrogen-bond donors (Lipinski definition) is 0. The largest absolute Gasteiger partial charge is 0.379 e. The van der Waals surface area contributed by atoms with E-state index in [0.717, 1.165) is 0 Å². The SMILES string of the molecule is Cc1nc(-c2ccc(OS(=O)(=O)c3cccc(Cl)c3)cc2)no1. The fourth-order valence-electron chi connectivity index (χ4n) is 1.87. The van der Waals surface area contributed by atoms with Gasteiger partial charge in [-0.2, -0.15) is 13.4 Å². The smallest absolute Gasteiger partial charge is 0.339 e. The molecule has 0 bridgehead atoms. The molecule has 1 aromatic heterocycles. The number of rotatable bonds is 4. The summed E-state index contributed by atoms with van der Waals surface area (Å²) in [4.78, 5) is 4.08. The van der Waals surface area contributed by atoms with Crippen LogP contribution in [0.3, 0.4) is 0 Å². The average Bonchev–Trinajstić information content (AvgIpc) is 2.94. The minimum Gasteiger partial charge on any atom is -0.379 e. The molecule has 3 rings (SSSR count). The number of halogens is 1. The Morgan fingerprint density at radius 2 is 1.87 bits per heavy atom. The third-order valence-corrected chi connectivity index (χ3v) is 4.41. The van der Waals surface area contributed by atoms with Gasteiger partial charge in [-0.15, -0.1) is 0 Å². The maximum atomic E-state index is 12.2. The molecule has 1 heterocycles. The van der Waals surface area contributed by atoms with E-state index in [1.807, 2.05) is 0 Å². The van der Waals surface area contributed by atoms with Crippen LogP contribution in [0.4, 0.5) is 0 Å². The van der Waals surface area contributed by atoms with Gasteiger partial charge in [0.25, 0.3) is 0 Å². The molecule has 0 amide bonds. The predicted molar refractivity (Wildman–Crippen MR) is 83.7 cm³/mol. The van der Waals surface area contributed by atoms with Crippen molar-refractivity contribution in [3.63, 3.8) is 0 Å². The van der Waals surface area contributed by atoms with Gasteiger partial charge < -0.3 is 8.71 Å². The summed E-state index contributed by atoms with van der Waals surface area (Å²) in [6.07, 6.45) is 0. The van der Waals surface area contributed by atoms with Gasteiger partial charge in [-0.05, 0) is 42.5 Å². The van der Waals surface area contributed by atoms with Crippen LogP contribution in [0, 0.1) is 6.92 Å². The molecule has 0 aliphatic rings. The molecule has 0 aliphatic heterocycles. The molecular weight excluding hydrogens is 340 g/mol. The second-order valence-corrected chi connectivity index (χ2v) is 6.64. The summed E-state index contributed by atoms with van der Waals surface area (Å²) in [5.74, 6) is 1.05. The van der Waals surface area contributed by atoms with Gasteiger partial charge >= 0.3 is 10.1 Å². The van der Waals surface area contributed by atoms with Crippen molar-refractivity contribution in [3.8, 4) is 17.1 Å². The molecule has 8 heteroatoms. The summed E-state index contributed by atoms with van der Waals surface area (Å²) in [5.41, 5.74) is 0.689. The Labute approximate surface area is 137 Å². The molecule has 0 unspecified atom stereocenters. The molecule has 3 aromatic rings. The lowest BCUT2D eigenvalue weighted by molar-refractivity contribution is 0.394. The molecular formula is C15H11ClN2O4S. The zero-order chi connectivity index (χ0) is 16.4. The zero-order valence-electron chi connectivity index (χ0n) is 11.9. The number of hydrogen-bond acceptors (Lipinski definition) is 6. The maximum Gasteiger partial charge on any atom is 0.339 e. The van der Waals surface area contributed by atoms with E-state index in [1.54, 1.807) is 31.2 Å². The van der Waals surface area contributed by atoms with Crippen LogP contribution in [0.15, 0.2) is 57.9 Å². The fraction of sp³-hybridized carbons (Fsp3) is 0.0667. The lowest BCUT2D eigenvalue weighted by atomic mass is 10.2. The van der Waals surface area contributed by atoms with E-state index in [1.165, 1.54) is 24.3 Å². The predicted octanol–water partition coefficient (Wildman–Crippen LogP) is 3.47. The molecule has 118 valence electrons. The monoisotopic (exact) mass is 350 g/mol. The Bertz CT molecular complexity index is 936. The third-order valence-electron chi connectivity index (χ3n) is 2.93. The highest BCUT2D eigenvalue weighted by Gasteiger charge is 2.17. The van der Waals surface area contributed by atoms with Crippen molar-refractivity contribution in [2.24, 2.45) is 0 Å². The van der Waals surface area contributed by atoms with Crippen molar-refractivity contribution in [3.05, 3.63) is 59.4 Å². The molecule has 0 saturated carbocycles. The minimum absolute atomic E-state index is 0.0112. The van der Waals surface area contributed by atoms with E-state index in [0.29, 0.717) is 22.3 Å². The summed E-state index contributed by atoms with van der Waals surface area (Å²) in [6.45, 7) is 1.69. The third kappa shape index (κ3) is 3.52. The summed E-state index contributed by atoms with van der Waals surface area (Å²) in [7, 11) is -3.94. The Kier molecular flexibility index (Phi) is 4.06. The minimum atomic E-state index is -3.94. The molecule has 0 fully saturated rings. The zero-order valence-corrected chi connectivity index (χ0v) is 13.5.